The first-order valence-corrected chi connectivity index (χ1v) is 9.83. The number of halogens is 3. The van der Waals surface area contributed by atoms with E-state index in [-0.39, 0.29) is 18.1 Å². The monoisotopic (exact) mass is 435 g/mol. The fourth-order valence-corrected chi connectivity index (χ4v) is 3.48. The first-order chi connectivity index (χ1) is 14.8. The van der Waals surface area contributed by atoms with E-state index in [1.54, 1.807) is 30.2 Å². The molecule has 0 spiro atoms. The standard InChI is InChI=1S/C22H24F3N3O3/c1-31-15-16-5-4-6-17(13-16)21(30)28-11-9-27(10-12-28)14-20(29)26-19-8-3-2-7-18(19)22(23,24)25/h2-8,13H,9-12,14-15H2,1H3,(H,26,29). The van der Waals surface area contributed by atoms with Gasteiger partial charge >= 0.3 is 6.18 Å². The van der Waals surface area contributed by atoms with Crippen LogP contribution >= 0.6 is 0 Å². The number of hydrogen-bond acceptors (Lipinski definition) is 4. The number of amides is 2. The number of nitrogens with one attached hydrogen (secondary N) is 1. The minimum Gasteiger partial charge on any atom is -0.380 e. The lowest BCUT2D eigenvalue weighted by Crippen LogP contribution is -2.50. The van der Waals surface area contributed by atoms with Gasteiger partial charge in [-0.2, -0.15) is 13.2 Å². The number of methoxy groups -OCH3 is 1. The fraction of sp³-hybridized carbons (Fsp3) is 0.364. The van der Waals surface area contributed by atoms with Crippen molar-refractivity contribution in [3.8, 4) is 0 Å². The zero-order chi connectivity index (χ0) is 22.4. The Morgan fingerprint density at radius 3 is 2.42 bits per heavy atom. The molecule has 1 saturated heterocycles. The topological polar surface area (TPSA) is 61.9 Å². The second kappa shape index (κ2) is 9.93. The highest BCUT2D eigenvalue weighted by molar-refractivity contribution is 5.95. The number of carbonyl (C=O) groups excluding carboxylic acids is 2. The number of ether oxygens (including phenoxy) is 1. The summed E-state index contributed by atoms with van der Waals surface area (Å²) in [5.74, 6) is -0.620. The van der Waals surface area contributed by atoms with Gasteiger partial charge in [0.05, 0.1) is 24.4 Å². The summed E-state index contributed by atoms with van der Waals surface area (Å²) in [6, 6.07) is 12.1. The smallest absolute Gasteiger partial charge is 0.380 e. The van der Waals surface area contributed by atoms with Crippen LogP contribution in [0.5, 0.6) is 0 Å². The summed E-state index contributed by atoms with van der Waals surface area (Å²) in [5.41, 5.74) is 0.339. The Bertz CT molecular complexity index is 925. The largest absolute Gasteiger partial charge is 0.418 e. The number of rotatable bonds is 6. The first-order valence-electron chi connectivity index (χ1n) is 9.83. The van der Waals surface area contributed by atoms with E-state index in [9.17, 15) is 22.8 Å². The van der Waals surface area contributed by atoms with Crippen LogP contribution in [0.25, 0.3) is 0 Å². The molecule has 1 aliphatic rings. The van der Waals surface area contributed by atoms with Gasteiger partial charge in [-0.1, -0.05) is 24.3 Å². The average Bonchev–Trinajstić information content (AvgIpc) is 2.74. The van der Waals surface area contributed by atoms with Gasteiger partial charge in [0.2, 0.25) is 5.91 Å². The van der Waals surface area contributed by atoms with Crippen molar-refractivity contribution in [1.29, 1.82) is 0 Å². The van der Waals surface area contributed by atoms with E-state index in [2.05, 4.69) is 5.32 Å². The molecule has 2 aromatic rings. The van der Waals surface area contributed by atoms with Crippen LogP contribution in [-0.2, 0) is 22.3 Å². The van der Waals surface area contributed by atoms with Crippen LogP contribution in [0.1, 0.15) is 21.5 Å². The van der Waals surface area contributed by atoms with Crippen LogP contribution in [0.3, 0.4) is 0 Å². The Kier molecular flexibility index (Phi) is 7.29. The molecule has 0 aromatic heterocycles. The van der Waals surface area contributed by atoms with Crippen molar-refractivity contribution < 1.29 is 27.5 Å². The maximum atomic E-state index is 13.1. The summed E-state index contributed by atoms with van der Waals surface area (Å²) in [7, 11) is 1.59. The number of benzene rings is 2. The summed E-state index contributed by atoms with van der Waals surface area (Å²) >= 11 is 0. The molecule has 166 valence electrons. The molecule has 3 rings (SSSR count). The maximum Gasteiger partial charge on any atom is 0.418 e. The third-order valence-electron chi connectivity index (χ3n) is 5.02. The molecule has 0 bridgehead atoms. The Labute approximate surface area is 178 Å². The zero-order valence-electron chi connectivity index (χ0n) is 17.1. The number of alkyl halides is 3. The molecule has 0 saturated carbocycles. The van der Waals surface area contributed by atoms with Gasteiger partial charge in [0.1, 0.15) is 0 Å². The quantitative estimate of drug-likeness (QED) is 0.757. The molecule has 0 atom stereocenters. The molecule has 6 nitrogen and oxygen atoms in total. The lowest BCUT2D eigenvalue weighted by Gasteiger charge is -2.34. The van der Waals surface area contributed by atoms with Crippen LogP contribution in [0.15, 0.2) is 48.5 Å². The van der Waals surface area contributed by atoms with Gasteiger partial charge in [-0.15, -0.1) is 0 Å². The van der Waals surface area contributed by atoms with E-state index in [4.69, 9.17) is 4.74 Å². The lowest BCUT2D eigenvalue weighted by molar-refractivity contribution is -0.137. The summed E-state index contributed by atoms with van der Waals surface area (Å²) < 4.78 is 44.3. The summed E-state index contributed by atoms with van der Waals surface area (Å²) in [6.07, 6.45) is -4.55. The zero-order valence-corrected chi connectivity index (χ0v) is 17.1. The van der Waals surface area contributed by atoms with Gasteiger partial charge in [0, 0.05) is 38.9 Å². The summed E-state index contributed by atoms with van der Waals surface area (Å²) in [4.78, 5) is 28.5. The average molecular weight is 435 g/mol. The van der Waals surface area contributed by atoms with E-state index in [0.29, 0.717) is 38.3 Å². The molecule has 31 heavy (non-hydrogen) atoms. The predicted molar refractivity (Wildman–Crippen MR) is 110 cm³/mol. The normalized spacial score (nSPS) is 15.0. The molecule has 0 unspecified atom stereocenters. The van der Waals surface area contributed by atoms with Crippen molar-refractivity contribution in [2.45, 2.75) is 12.8 Å². The molecular weight excluding hydrogens is 411 g/mol. The van der Waals surface area contributed by atoms with E-state index >= 15 is 0 Å². The van der Waals surface area contributed by atoms with Crippen LogP contribution in [0.4, 0.5) is 18.9 Å². The molecule has 1 heterocycles. The van der Waals surface area contributed by atoms with Gasteiger partial charge in [0.25, 0.3) is 5.91 Å². The molecular formula is C22H24F3N3O3. The lowest BCUT2D eigenvalue weighted by atomic mass is 10.1. The number of carbonyl (C=O) groups is 2. The van der Waals surface area contributed by atoms with Crippen molar-refractivity contribution in [3.05, 3.63) is 65.2 Å². The Morgan fingerprint density at radius 2 is 1.74 bits per heavy atom. The third-order valence-corrected chi connectivity index (χ3v) is 5.02. The van der Waals surface area contributed by atoms with Gasteiger partial charge < -0.3 is 15.0 Å². The molecule has 9 heteroatoms. The van der Waals surface area contributed by atoms with Crippen molar-refractivity contribution in [1.82, 2.24) is 9.80 Å². The van der Waals surface area contributed by atoms with Crippen LogP contribution in [0, 0.1) is 0 Å². The number of nitrogens with zero attached hydrogens (tertiary/aromatic N) is 2. The van der Waals surface area contributed by atoms with Gasteiger partial charge in [-0.25, -0.2) is 0 Å². The Balaban J connectivity index is 1.53. The molecule has 0 aliphatic carbocycles. The Hall–Kier alpha value is -2.91. The second-order valence-corrected chi connectivity index (χ2v) is 7.29. The number of piperazine rings is 1. The molecule has 1 N–H and O–H groups in total. The maximum absolute atomic E-state index is 13.1. The predicted octanol–water partition coefficient (Wildman–Crippen LogP) is 3.25. The molecule has 2 aromatic carbocycles. The van der Waals surface area contributed by atoms with Gasteiger partial charge in [-0.05, 0) is 29.8 Å². The van der Waals surface area contributed by atoms with Crippen LogP contribution in [0.2, 0.25) is 0 Å². The fourth-order valence-electron chi connectivity index (χ4n) is 3.48. The number of para-hydroxylation sites is 1. The van der Waals surface area contributed by atoms with Crippen LogP contribution in [-0.4, -0.2) is 61.4 Å². The minimum atomic E-state index is -4.55. The summed E-state index contributed by atoms with van der Waals surface area (Å²) in [5, 5.41) is 2.35. The van der Waals surface area contributed by atoms with Crippen molar-refractivity contribution in [3.63, 3.8) is 0 Å². The van der Waals surface area contributed by atoms with E-state index in [1.807, 2.05) is 11.0 Å². The molecule has 1 aliphatic heterocycles. The van der Waals surface area contributed by atoms with E-state index < -0.39 is 17.6 Å². The molecule has 2 amide bonds. The minimum absolute atomic E-state index is 0.0441. The highest BCUT2D eigenvalue weighted by Crippen LogP contribution is 2.34. The second-order valence-electron chi connectivity index (χ2n) is 7.29. The third kappa shape index (κ3) is 6.05. The van der Waals surface area contributed by atoms with Crippen molar-refractivity contribution in [2.75, 3.05) is 45.2 Å². The molecule has 0 radical (unpaired) electrons. The highest BCUT2D eigenvalue weighted by Gasteiger charge is 2.33. The van der Waals surface area contributed by atoms with E-state index in [0.717, 1.165) is 11.6 Å². The Morgan fingerprint density at radius 1 is 1.03 bits per heavy atom. The van der Waals surface area contributed by atoms with Crippen molar-refractivity contribution >= 4 is 17.5 Å². The summed E-state index contributed by atoms with van der Waals surface area (Å²) in [6.45, 7) is 2.15. The van der Waals surface area contributed by atoms with Gasteiger partial charge in [0.15, 0.2) is 0 Å². The number of anilines is 1. The molecule has 1 fully saturated rings. The van der Waals surface area contributed by atoms with Crippen molar-refractivity contribution in [2.24, 2.45) is 0 Å². The highest BCUT2D eigenvalue weighted by atomic mass is 19.4. The van der Waals surface area contributed by atoms with E-state index in [1.165, 1.54) is 18.2 Å². The first kappa shape index (κ1) is 22.8. The SMILES string of the molecule is COCc1cccc(C(=O)N2CCN(CC(=O)Nc3ccccc3C(F)(F)F)CC2)c1. The van der Waals surface area contributed by atoms with Crippen LogP contribution < -0.4 is 5.32 Å². The number of hydrogen-bond donors (Lipinski definition) is 1. The van der Waals surface area contributed by atoms with Gasteiger partial charge in [-0.3, -0.25) is 14.5 Å².